The monoisotopic (exact) mass is 413 g/mol. The number of rotatable bonds is 5. The van der Waals surface area contributed by atoms with E-state index in [1.54, 1.807) is 18.3 Å². The number of hydrogen-bond acceptors (Lipinski definition) is 5. The maximum absolute atomic E-state index is 13.3. The van der Waals surface area contributed by atoms with Crippen LogP contribution in [0.5, 0.6) is 0 Å². The van der Waals surface area contributed by atoms with Crippen LogP contribution in [0, 0.1) is 0 Å². The summed E-state index contributed by atoms with van der Waals surface area (Å²) in [7, 11) is 0. The molecule has 0 bridgehead atoms. The predicted molar refractivity (Wildman–Crippen MR) is 108 cm³/mol. The van der Waals surface area contributed by atoms with E-state index >= 15 is 0 Å². The maximum Gasteiger partial charge on any atom is 0.255 e. The highest BCUT2D eigenvalue weighted by Crippen LogP contribution is 2.28. The molecule has 0 saturated carbocycles. The minimum atomic E-state index is -2.69. The van der Waals surface area contributed by atoms with Crippen LogP contribution in [-0.2, 0) is 6.42 Å². The standard InChI is InChI=1S/C21H21F2N5O2/c22-21(23)6-10-27(11-7-21)20(29)16-12-15-5-9-28(19(15)25-14-16)17(13-24)2-1-3-18-4-8-26-30-18/h1-2,4-5,8-9,12-14H,3,6-7,10-11,24H2/b2-1-,17-13+. The van der Waals surface area contributed by atoms with Gasteiger partial charge in [-0.1, -0.05) is 11.2 Å². The van der Waals surface area contributed by atoms with Crippen molar-refractivity contribution in [2.24, 2.45) is 5.73 Å². The van der Waals surface area contributed by atoms with Crippen molar-refractivity contribution in [2.75, 3.05) is 13.1 Å². The molecule has 0 unspecified atom stereocenters. The number of likely N-dealkylation sites (tertiary alicyclic amines) is 1. The van der Waals surface area contributed by atoms with Gasteiger partial charge in [0.05, 0.1) is 17.5 Å². The van der Waals surface area contributed by atoms with Crippen molar-refractivity contribution < 1.29 is 18.1 Å². The fourth-order valence-electron chi connectivity index (χ4n) is 3.43. The molecule has 30 heavy (non-hydrogen) atoms. The second-order valence-electron chi connectivity index (χ2n) is 7.15. The molecule has 9 heteroatoms. The Morgan fingerprint density at radius 3 is 2.80 bits per heavy atom. The SMILES string of the molecule is N/C=C(\C=C/Cc1ccno1)n1ccc2cc(C(=O)N3CCC(F)(F)CC3)cnc21. The van der Waals surface area contributed by atoms with E-state index in [1.807, 2.05) is 29.0 Å². The Kier molecular flexibility index (Phi) is 5.35. The summed E-state index contributed by atoms with van der Waals surface area (Å²) < 4.78 is 33.6. The Bertz CT molecular complexity index is 1090. The van der Waals surface area contributed by atoms with Crippen molar-refractivity contribution in [3.63, 3.8) is 0 Å². The number of carbonyl (C=O) groups is 1. The largest absolute Gasteiger partial charge is 0.403 e. The summed E-state index contributed by atoms with van der Waals surface area (Å²) in [4.78, 5) is 18.6. The number of fused-ring (bicyclic) bond motifs is 1. The van der Waals surface area contributed by atoms with Crippen LogP contribution in [-0.4, -0.2) is 44.5 Å². The van der Waals surface area contributed by atoms with Gasteiger partial charge in [0.1, 0.15) is 11.4 Å². The third-order valence-electron chi connectivity index (χ3n) is 5.10. The van der Waals surface area contributed by atoms with Crippen molar-refractivity contribution in [1.82, 2.24) is 19.6 Å². The summed E-state index contributed by atoms with van der Waals surface area (Å²) in [6.45, 7) is 0.0852. The Morgan fingerprint density at radius 2 is 2.10 bits per heavy atom. The van der Waals surface area contributed by atoms with Crippen LogP contribution in [0.25, 0.3) is 16.7 Å². The van der Waals surface area contributed by atoms with Gasteiger partial charge < -0.3 is 15.2 Å². The van der Waals surface area contributed by atoms with Crippen LogP contribution in [0.3, 0.4) is 0 Å². The fraction of sp³-hybridized carbons (Fsp3) is 0.286. The van der Waals surface area contributed by atoms with E-state index in [-0.39, 0.29) is 31.8 Å². The summed E-state index contributed by atoms with van der Waals surface area (Å²) in [6.07, 6.45) is 10.0. The molecule has 4 rings (SSSR count). The normalized spacial score (nSPS) is 17.1. The number of nitrogens with zero attached hydrogens (tertiary/aromatic N) is 4. The molecular weight excluding hydrogens is 392 g/mol. The Labute approximate surface area is 171 Å². The van der Waals surface area contributed by atoms with E-state index in [0.717, 1.165) is 11.1 Å². The highest BCUT2D eigenvalue weighted by molar-refractivity contribution is 5.97. The average Bonchev–Trinajstić information content (AvgIpc) is 3.40. The van der Waals surface area contributed by atoms with Gasteiger partial charge in [-0.3, -0.25) is 9.36 Å². The fourth-order valence-corrected chi connectivity index (χ4v) is 3.43. The van der Waals surface area contributed by atoms with Gasteiger partial charge in [-0.15, -0.1) is 0 Å². The molecule has 156 valence electrons. The zero-order valence-electron chi connectivity index (χ0n) is 16.2. The number of carbonyl (C=O) groups excluding carboxylic acids is 1. The van der Waals surface area contributed by atoms with Crippen LogP contribution in [0.2, 0.25) is 0 Å². The summed E-state index contributed by atoms with van der Waals surface area (Å²) in [5, 5.41) is 4.42. The minimum Gasteiger partial charge on any atom is -0.403 e. The molecule has 1 aliphatic rings. The molecule has 0 aromatic carbocycles. The second-order valence-corrected chi connectivity index (χ2v) is 7.15. The van der Waals surface area contributed by atoms with E-state index < -0.39 is 5.92 Å². The van der Waals surface area contributed by atoms with Crippen molar-refractivity contribution in [2.45, 2.75) is 25.2 Å². The van der Waals surface area contributed by atoms with Crippen molar-refractivity contribution in [3.8, 4) is 0 Å². The summed E-state index contributed by atoms with van der Waals surface area (Å²) in [5.41, 5.74) is 7.51. The van der Waals surface area contributed by atoms with Crippen molar-refractivity contribution >= 4 is 22.6 Å². The van der Waals surface area contributed by atoms with Gasteiger partial charge in [-0.25, -0.2) is 13.8 Å². The smallest absolute Gasteiger partial charge is 0.255 e. The van der Waals surface area contributed by atoms with Crippen LogP contribution in [0.4, 0.5) is 8.78 Å². The Hall–Kier alpha value is -3.49. The quantitative estimate of drug-likeness (QED) is 0.647. The Morgan fingerprint density at radius 1 is 1.30 bits per heavy atom. The van der Waals surface area contributed by atoms with Gasteiger partial charge in [-0.05, 0) is 18.2 Å². The molecule has 4 heterocycles. The number of piperidine rings is 1. The first-order chi connectivity index (χ1) is 14.5. The van der Waals surface area contributed by atoms with Crippen LogP contribution < -0.4 is 5.73 Å². The second kappa shape index (κ2) is 8.10. The van der Waals surface area contributed by atoms with E-state index in [1.165, 1.54) is 17.3 Å². The van der Waals surface area contributed by atoms with Gasteiger partial charge in [0, 0.05) is 62.4 Å². The van der Waals surface area contributed by atoms with E-state index in [2.05, 4.69) is 10.1 Å². The number of allylic oxidation sites excluding steroid dienone is 3. The zero-order valence-corrected chi connectivity index (χ0v) is 16.2. The summed E-state index contributed by atoms with van der Waals surface area (Å²) in [5.74, 6) is -2.24. The van der Waals surface area contributed by atoms with E-state index in [0.29, 0.717) is 23.3 Å². The number of halogens is 2. The average molecular weight is 413 g/mol. The van der Waals surface area contributed by atoms with Crippen LogP contribution in [0.1, 0.15) is 29.0 Å². The summed E-state index contributed by atoms with van der Waals surface area (Å²) >= 11 is 0. The first-order valence-corrected chi connectivity index (χ1v) is 9.59. The molecule has 3 aromatic heterocycles. The summed E-state index contributed by atoms with van der Waals surface area (Å²) in [6, 6.07) is 5.34. The van der Waals surface area contributed by atoms with Crippen molar-refractivity contribution in [3.05, 3.63) is 66.5 Å². The van der Waals surface area contributed by atoms with Crippen LogP contribution >= 0.6 is 0 Å². The molecule has 0 aliphatic carbocycles. The number of alkyl halides is 2. The van der Waals surface area contributed by atoms with Gasteiger partial charge in [-0.2, -0.15) is 0 Å². The molecule has 0 spiro atoms. The van der Waals surface area contributed by atoms with Gasteiger partial charge in [0.2, 0.25) is 0 Å². The lowest BCUT2D eigenvalue weighted by Gasteiger charge is -2.31. The molecular formula is C21H21F2N5O2. The highest BCUT2D eigenvalue weighted by Gasteiger charge is 2.35. The predicted octanol–water partition coefficient (Wildman–Crippen LogP) is 3.45. The number of hydrogen-bond donors (Lipinski definition) is 1. The van der Waals surface area contributed by atoms with Gasteiger partial charge >= 0.3 is 0 Å². The maximum atomic E-state index is 13.3. The number of amides is 1. The topological polar surface area (TPSA) is 90.2 Å². The molecule has 1 saturated heterocycles. The number of aromatic nitrogens is 3. The lowest BCUT2D eigenvalue weighted by atomic mass is 10.1. The lowest BCUT2D eigenvalue weighted by Crippen LogP contribution is -2.42. The van der Waals surface area contributed by atoms with Gasteiger partial charge in [0.25, 0.3) is 11.8 Å². The molecule has 7 nitrogen and oxygen atoms in total. The molecule has 2 N–H and O–H groups in total. The van der Waals surface area contributed by atoms with E-state index in [9.17, 15) is 13.6 Å². The number of pyridine rings is 1. The first-order valence-electron chi connectivity index (χ1n) is 9.59. The molecule has 0 atom stereocenters. The molecule has 1 aliphatic heterocycles. The third-order valence-corrected chi connectivity index (χ3v) is 5.10. The number of nitrogens with two attached hydrogens (primary N) is 1. The molecule has 3 aromatic rings. The first kappa shape index (κ1) is 19.8. The van der Waals surface area contributed by atoms with Crippen LogP contribution in [0.15, 0.2) is 59.7 Å². The minimum absolute atomic E-state index is 0.0426. The Balaban J connectivity index is 1.51. The van der Waals surface area contributed by atoms with E-state index in [4.69, 9.17) is 10.3 Å². The molecule has 0 radical (unpaired) electrons. The zero-order chi connectivity index (χ0) is 21.1. The van der Waals surface area contributed by atoms with Gasteiger partial charge in [0.15, 0.2) is 0 Å². The lowest BCUT2D eigenvalue weighted by molar-refractivity contribution is -0.0494. The molecule has 1 amide bonds. The molecule has 1 fully saturated rings. The third kappa shape index (κ3) is 4.10. The van der Waals surface area contributed by atoms with Crippen molar-refractivity contribution in [1.29, 1.82) is 0 Å². The highest BCUT2D eigenvalue weighted by atomic mass is 19.3.